The molecule has 0 N–H and O–H groups in total. The summed E-state index contributed by atoms with van der Waals surface area (Å²) in [7, 11) is -1.12. The lowest BCUT2D eigenvalue weighted by Gasteiger charge is -2.23. The Balaban J connectivity index is 3.95. The van der Waals surface area contributed by atoms with Crippen LogP contribution in [-0.4, -0.2) is 20.7 Å². The summed E-state index contributed by atoms with van der Waals surface area (Å²) in [5.41, 5.74) is 2.43. The largest absolute Gasteiger partial charge is 0.466 e. The van der Waals surface area contributed by atoms with E-state index >= 15 is 0 Å². The Bertz CT molecular complexity index is 199. The first-order chi connectivity index (χ1) is 7.10. The van der Waals surface area contributed by atoms with Gasteiger partial charge in [-0.2, -0.15) is 0 Å². The molecule has 0 spiro atoms. The Morgan fingerprint density at radius 3 is 2.13 bits per heavy atom. The van der Waals surface area contributed by atoms with E-state index < -0.39 is 8.07 Å². The maximum Gasteiger partial charge on any atom is 0.302 e. The summed E-state index contributed by atoms with van der Waals surface area (Å²) >= 11 is 0. The molecule has 0 saturated carbocycles. The molecule has 88 valence electrons. The molecule has 0 rings (SSSR count). The molecule has 0 saturated heterocycles. The summed E-state index contributed by atoms with van der Waals surface area (Å²) < 4.78 is 4.88. The van der Waals surface area contributed by atoms with Crippen molar-refractivity contribution < 1.29 is 9.53 Å². The van der Waals surface area contributed by atoms with Crippen LogP contribution in [0.15, 0.2) is 11.8 Å². The van der Waals surface area contributed by atoms with Crippen LogP contribution in [0.4, 0.5) is 0 Å². The van der Waals surface area contributed by atoms with E-state index in [-0.39, 0.29) is 5.97 Å². The van der Waals surface area contributed by atoms with Gasteiger partial charge in [0.2, 0.25) is 0 Å². The summed E-state index contributed by atoms with van der Waals surface area (Å²) in [6, 6.07) is 3.93. The van der Waals surface area contributed by atoms with Gasteiger partial charge in [-0.1, -0.05) is 50.7 Å². The molecule has 2 nitrogen and oxygen atoms in total. The van der Waals surface area contributed by atoms with Crippen molar-refractivity contribution in [1.82, 2.24) is 0 Å². The van der Waals surface area contributed by atoms with E-state index in [1.54, 1.807) is 0 Å². The van der Waals surface area contributed by atoms with E-state index in [1.807, 2.05) is 0 Å². The lowest BCUT2D eigenvalue weighted by atomic mass is 10.4. The minimum atomic E-state index is -1.12. The topological polar surface area (TPSA) is 26.3 Å². The predicted molar refractivity (Wildman–Crippen MR) is 67.6 cm³/mol. The van der Waals surface area contributed by atoms with Gasteiger partial charge in [0.05, 0.1) is 14.7 Å². The third-order valence-electron chi connectivity index (χ3n) is 3.17. The van der Waals surface area contributed by atoms with E-state index in [4.69, 9.17) is 4.74 Å². The number of esters is 1. The summed E-state index contributed by atoms with van der Waals surface area (Å²) in [6.07, 6.45) is 3.06. The molecule has 0 amide bonds. The zero-order chi connectivity index (χ0) is 11.7. The van der Waals surface area contributed by atoms with Gasteiger partial charge in [-0.05, 0) is 6.42 Å². The van der Waals surface area contributed by atoms with E-state index in [0.29, 0.717) is 6.61 Å². The second kappa shape index (κ2) is 7.68. The lowest BCUT2D eigenvalue weighted by molar-refractivity contribution is -0.140. The molecular formula is C12H24O2Si. The first kappa shape index (κ1) is 14.4. The van der Waals surface area contributed by atoms with Crippen LogP contribution < -0.4 is 0 Å². The molecule has 0 radical (unpaired) electrons. The Hall–Kier alpha value is -0.573. The highest BCUT2D eigenvalue weighted by atomic mass is 28.3. The van der Waals surface area contributed by atoms with Crippen LogP contribution >= 0.6 is 0 Å². The van der Waals surface area contributed by atoms with Gasteiger partial charge in [0.25, 0.3) is 0 Å². The van der Waals surface area contributed by atoms with Gasteiger partial charge >= 0.3 is 5.97 Å². The molecule has 0 aliphatic rings. The van der Waals surface area contributed by atoms with Crippen LogP contribution in [0.1, 0.15) is 34.1 Å². The molecule has 0 aliphatic carbocycles. The number of hydrogen-bond donors (Lipinski definition) is 0. The summed E-state index contributed by atoms with van der Waals surface area (Å²) in [5, 5.41) is 0. The number of rotatable bonds is 7. The second-order valence-electron chi connectivity index (χ2n) is 3.95. The third kappa shape index (κ3) is 5.77. The highest BCUT2D eigenvalue weighted by molar-refractivity contribution is 6.84. The zero-order valence-corrected chi connectivity index (χ0v) is 11.5. The lowest BCUT2D eigenvalue weighted by Crippen LogP contribution is -2.28. The molecule has 0 aromatic heterocycles. The molecular weight excluding hydrogens is 204 g/mol. The van der Waals surface area contributed by atoms with Gasteiger partial charge < -0.3 is 4.74 Å². The van der Waals surface area contributed by atoms with Gasteiger partial charge in [0.15, 0.2) is 0 Å². The van der Waals surface area contributed by atoms with Crippen molar-refractivity contribution in [3.8, 4) is 0 Å². The average Bonchev–Trinajstić information content (AvgIpc) is 2.24. The predicted octanol–water partition coefficient (Wildman–Crippen LogP) is 3.54. The zero-order valence-electron chi connectivity index (χ0n) is 10.5. The van der Waals surface area contributed by atoms with E-state index in [0.717, 1.165) is 6.42 Å². The molecule has 0 atom stereocenters. The Kier molecular flexibility index (Phi) is 7.39. The van der Waals surface area contributed by atoms with E-state index in [9.17, 15) is 4.79 Å². The number of hydrogen-bond acceptors (Lipinski definition) is 2. The number of ether oxygens (including phenoxy) is 1. The molecule has 0 heterocycles. The maximum atomic E-state index is 10.5. The molecule has 0 fully saturated rings. The minimum Gasteiger partial charge on any atom is -0.466 e. The molecule has 0 aliphatic heterocycles. The Morgan fingerprint density at radius 2 is 1.73 bits per heavy atom. The quantitative estimate of drug-likeness (QED) is 0.378. The molecule has 15 heavy (non-hydrogen) atoms. The molecule has 0 bridgehead atoms. The fraction of sp³-hybridized carbons (Fsp3) is 0.750. The van der Waals surface area contributed by atoms with Crippen molar-refractivity contribution in [3.05, 3.63) is 11.8 Å². The number of carbonyl (C=O) groups excluding carboxylic acids is 1. The molecule has 0 unspecified atom stereocenters. The Labute approximate surface area is 94.7 Å². The monoisotopic (exact) mass is 228 g/mol. The molecule has 0 aromatic rings. The highest BCUT2D eigenvalue weighted by Gasteiger charge is 2.22. The van der Waals surface area contributed by atoms with Crippen molar-refractivity contribution in [3.63, 3.8) is 0 Å². The van der Waals surface area contributed by atoms with Crippen molar-refractivity contribution in [2.75, 3.05) is 6.61 Å². The summed E-state index contributed by atoms with van der Waals surface area (Å²) in [4.78, 5) is 10.5. The van der Waals surface area contributed by atoms with Gasteiger partial charge in [0, 0.05) is 6.92 Å². The maximum absolute atomic E-state index is 10.5. The standard InChI is InChI=1S/C12H24O2Si/c1-5-15(6-2,7-3)11-9-8-10-14-12(4)13/h9,11H,5-8,10H2,1-4H3/b11-9-. The van der Waals surface area contributed by atoms with Gasteiger partial charge in [0.1, 0.15) is 0 Å². The average molecular weight is 228 g/mol. The van der Waals surface area contributed by atoms with E-state index in [1.165, 1.54) is 25.1 Å². The van der Waals surface area contributed by atoms with Crippen molar-refractivity contribution in [2.24, 2.45) is 0 Å². The van der Waals surface area contributed by atoms with Crippen LogP contribution in [0.25, 0.3) is 0 Å². The normalized spacial score (nSPS) is 12.0. The van der Waals surface area contributed by atoms with Gasteiger partial charge in [-0.3, -0.25) is 4.79 Å². The second-order valence-corrected chi connectivity index (χ2v) is 9.13. The van der Waals surface area contributed by atoms with Crippen molar-refractivity contribution >= 4 is 14.0 Å². The third-order valence-corrected chi connectivity index (χ3v) is 8.34. The fourth-order valence-corrected chi connectivity index (χ4v) is 4.58. The minimum absolute atomic E-state index is 0.187. The summed E-state index contributed by atoms with van der Waals surface area (Å²) in [6.45, 7) is 8.83. The Morgan fingerprint density at radius 1 is 1.20 bits per heavy atom. The SMILES string of the molecule is CC[Si](/C=C\CCOC(C)=O)(CC)CC. The van der Waals surface area contributed by atoms with E-state index in [2.05, 4.69) is 32.5 Å². The van der Waals surface area contributed by atoms with Gasteiger partial charge in [-0.15, -0.1) is 0 Å². The smallest absolute Gasteiger partial charge is 0.302 e. The van der Waals surface area contributed by atoms with Gasteiger partial charge in [-0.25, -0.2) is 0 Å². The van der Waals surface area contributed by atoms with Crippen molar-refractivity contribution in [2.45, 2.75) is 52.2 Å². The number of carbonyl (C=O) groups is 1. The molecule has 3 heteroatoms. The summed E-state index contributed by atoms with van der Waals surface area (Å²) in [5.74, 6) is -0.187. The van der Waals surface area contributed by atoms with Crippen LogP contribution in [0.3, 0.4) is 0 Å². The first-order valence-electron chi connectivity index (χ1n) is 5.91. The molecule has 0 aromatic carbocycles. The fourth-order valence-electron chi connectivity index (χ4n) is 1.71. The first-order valence-corrected chi connectivity index (χ1v) is 8.61. The van der Waals surface area contributed by atoms with Crippen molar-refractivity contribution in [1.29, 1.82) is 0 Å². The highest BCUT2D eigenvalue weighted by Crippen LogP contribution is 2.21. The van der Waals surface area contributed by atoms with Crippen LogP contribution in [-0.2, 0) is 9.53 Å². The van der Waals surface area contributed by atoms with Crippen LogP contribution in [0.5, 0.6) is 0 Å². The van der Waals surface area contributed by atoms with Crippen LogP contribution in [0, 0.1) is 0 Å². The van der Waals surface area contributed by atoms with Crippen LogP contribution in [0.2, 0.25) is 18.1 Å².